The molecule has 2 amide bonds. The van der Waals surface area contributed by atoms with Gasteiger partial charge in [-0.2, -0.15) is 4.39 Å². The summed E-state index contributed by atoms with van der Waals surface area (Å²) in [6, 6.07) is 13.3. The van der Waals surface area contributed by atoms with Crippen molar-refractivity contribution in [1.82, 2.24) is 15.2 Å². The van der Waals surface area contributed by atoms with Crippen molar-refractivity contribution in [1.29, 1.82) is 0 Å². The first-order chi connectivity index (χ1) is 17.8. The van der Waals surface area contributed by atoms with Crippen molar-refractivity contribution in [2.75, 3.05) is 31.1 Å². The van der Waals surface area contributed by atoms with E-state index in [9.17, 15) is 13.6 Å². The minimum atomic E-state index is -0.603. The quantitative estimate of drug-likeness (QED) is 0.377. The second kappa shape index (κ2) is 10.8. The van der Waals surface area contributed by atoms with Gasteiger partial charge in [-0.25, -0.2) is 14.2 Å². The summed E-state index contributed by atoms with van der Waals surface area (Å²) in [7, 11) is 0. The lowest BCUT2D eigenvalue weighted by molar-refractivity contribution is 0.180. The number of fused-ring (bicyclic) bond motifs is 2. The molecule has 1 spiro atoms. The summed E-state index contributed by atoms with van der Waals surface area (Å²) in [6.45, 7) is 3.03. The molecule has 1 N–H and O–H groups in total. The van der Waals surface area contributed by atoms with Gasteiger partial charge < -0.3 is 5.32 Å². The second-order valence-electron chi connectivity index (χ2n) is 9.55. The van der Waals surface area contributed by atoms with Crippen LogP contribution < -0.4 is 10.2 Å². The zero-order valence-corrected chi connectivity index (χ0v) is 21.6. The summed E-state index contributed by atoms with van der Waals surface area (Å²) in [5.41, 5.74) is 2.78. The van der Waals surface area contributed by atoms with Gasteiger partial charge in [-0.05, 0) is 79.0 Å². The summed E-state index contributed by atoms with van der Waals surface area (Å²) in [6.07, 6.45) is 7.14. The number of urea groups is 1. The number of nitrogens with zero attached hydrogens (tertiary/aromatic N) is 3. The van der Waals surface area contributed by atoms with Gasteiger partial charge in [-0.15, -0.1) is 0 Å². The van der Waals surface area contributed by atoms with Gasteiger partial charge in [-0.3, -0.25) is 9.80 Å². The monoisotopic (exact) mass is 542 g/mol. The maximum absolute atomic E-state index is 14.6. The van der Waals surface area contributed by atoms with E-state index in [-0.39, 0.29) is 23.0 Å². The van der Waals surface area contributed by atoms with Crippen LogP contribution in [0.4, 0.5) is 19.3 Å². The SMILES string of the molecule is O=C(NCc1ccnc(F)c1)N1CC2(CCN(CC=Cc3ccc(Cl)cc3)CC2)c2cc(F)c(Cl)cc21. The van der Waals surface area contributed by atoms with Crippen LogP contribution in [0.15, 0.2) is 60.8 Å². The number of carbonyl (C=O) groups is 1. The molecule has 1 aromatic heterocycles. The van der Waals surface area contributed by atoms with E-state index in [0.717, 1.165) is 43.6 Å². The molecule has 0 unspecified atom stereocenters. The fraction of sp³-hybridized carbons (Fsp3) is 0.286. The Labute approximate surface area is 224 Å². The van der Waals surface area contributed by atoms with E-state index in [0.29, 0.717) is 22.8 Å². The highest BCUT2D eigenvalue weighted by Crippen LogP contribution is 2.48. The standard InChI is InChI=1S/C28H26Cl2F2N4O/c29-21-5-3-19(4-6-21)2-1-11-35-12-8-28(9-13-35)18-36(25-16-23(30)24(31)15-22(25)28)27(37)34-17-20-7-10-33-26(32)14-20/h1-7,10,14-16H,8-9,11-13,17-18H2,(H,34,37). The largest absolute Gasteiger partial charge is 0.334 e. The molecule has 5 nitrogen and oxygen atoms in total. The van der Waals surface area contributed by atoms with Gasteiger partial charge in [0, 0.05) is 36.3 Å². The molecule has 3 aromatic rings. The molecule has 1 saturated heterocycles. The summed E-state index contributed by atoms with van der Waals surface area (Å²) in [5, 5.41) is 3.54. The number of nitrogens with one attached hydrogen (secondary N) is 1. The Balaban J connectivity index is 1.27. The van der Waals surface area contributed by atoms with Crippen LogP contribution in [0.3, 0.4) is 0 Å². The van der Waals surface area contributed by atoms with Crippen molar-refractivity contribution in [2.24, 2.45) is 0 Å². The number of aromatic nitrogens is 1. The number of halogens is 4. The van der Waals surface area contributed by atoms with Crippen LogP contribution in [-0.4, -0.2) is 42.1 Å². The van der Waals surface area contributed by atoms with Crippen molar-refractivity contribution in [3.63, 3.8) is 0 Å². The molecule has 0 aliphatic carbocycles. The number of amides is 2. The first kappa shape index (κ1) is 25.6. The lowest BCUT2D eigenvalue weighted by Gasteiger charge is -2.39. The van der Waals surface area contributed by atoms with Crippen LogP contribution in [-0.2, 0) is 12.0 Å². The molecule has 5 rings (SSSR count). The Morgan fingerprint density at radius 3 is 2.57 bits per heavy atom. The molecule has 0 atom stereocenters. The van der Waals surface area contributed by atoms with Crippen molar-refractivity contribution in [3.8, 4) is 0 Å². The molecule has 0 radical (unpaired) electrons. The summed E-state index contributed by atoms with van der Waals surface area (Å²) in [5.74, 6) is -1.09. The van der Waals surface area contributed by atoms with Crippen LogP contribution >= 0.6 is 23.2 Å². The van der Waals surface area contributed by atoms with Crippen molar-refractivity contribution < 1.29 is 13.6 Å². The molecular weight excluding hydrogens is 517 g/mol. The van der Waals surface area contributed by atoms with Crippen LogP contribution in [0, 0.1) is 11.8 Å². The zero-order valence-electron chi connectivity index (χ0n) is 20.1. The number of benzene rings is 2. The molecule has 37 heavy (non-hydrogen) atoms. The molecule has 2 aliphatic heterocycles. The van der Waals surface area contributed by atoms with Gasteiger partial charge in [0.05, 0.1) is 10.7 Å². The number of piperidine rings is 1. The van der Waals surface area contributed by atoms with Gasteiger partial charge in [0.15, 0.2) is 0 Å². The average Bonchev–Trinajstić information content (AvgIpc) is 3.18. The maximum Gasteiger partial charge on any atom is 0.322 e. The van der Waals surface area contributed by atoms with E-state index in [4.69, 9.17) is 23.2 Å². The number of hydrogen-bond acceptors (Lipinski definition) is 3. The number of pyridine rings is 1. The Bertz CT molecular complexity index is 1320. The van der Waals surface area contributed by atoms with E-state index in [1.54, 1.807) is 11.0 Å². The number of carbonyl (C=O) groups excluding carboxylic acids is 1. The maximum atomic E-state index is 14.6. The highest BCUT2D eigenvalue weighted by molar-refractivity contribution is 6.31. The molecular formula is C28H26Cl2F2N4O. The Morgan fingerprint density at radius 2 is 1.84 bits per heavy atom. The normalized spacial score (nSPS) is 16.9. The third-order valence-corrected chi connectivity index (χ3v) is 7.74. The molecule has 1 fully saturated rings. The molecule has 0 saturated carbocycles. The number of anilines is 1. The van der Waals surface area contributed by atoms with Gasteiger partial charge in [-0.1, -0.05) is 47.5 Å². The van der Waals surface area contributed by atoms with Crippen LogP contribution in [0.5, 0.6) is 0 Å². The topological polar surface area (TPSA) is 48.5 Å². The summed E-state index contributed by atoms with van der Waals surface area (Å²) < 4.78 is 28.0. The molecule has 2 aliphatic rings. The van der Waals surface area contributed by atoms with Gasteiger partial charge in [0.25, 0.3) is 0 Å². The zero-order chi connectivity index (χ0) is 26.0. The highest BCUT2D eigenvalue weighted by atomic mass is 35.5. The average molecular weight is 543 g/mol. The molecule has 0 bridgehead atoms. The third kappa shape index (κ3) is 5.64. The Morgan fingerprint density at radius 1 is 1.08 bits per heavy atom. The molecule has 192 valence electrons. The lowest BCUT2D eigenvalue weighted by atomic mass is 9.74. The molecule has 3 heterocycles. The smallest absolute Gasteiger partial charge is 0.322 e. The van der Waals surface area contributed by atoms with E-state index in [1.165, 1.54) is 24.4 Å². The fourth-order valence-corrected chi connectivity index (χ4v) is 5.45. The van der Waals surface area contributed by atoms with Crippen molar-refractivity contribution >= 4 is 41.0 Å². The first-order valence-electron chi connectivity index (χ1n) is 12.1. The van der Waals surface area contributed by atoms with Crippen molar-refractivity contribution in [3.05, 3.63) is 99.3 Å². The third-order valence-electron chi connectivity index (χ3n) is 7.20. The molecule has 9 heteroatoms. The first-order valence-corrected chi connectivity index (χ1v) is 12.9. The van der Waals surface area contributed by atoms with Crippen LogP contribution in [0.1, 0.15) is 29.5 Å². The van der Waals surface area contributed by atoms with Gasteiger partial charge in [0.2, 0.25) is 5.95 Å². The number of rotatable bonds is 5. The van der Waals surface area contributed by atoms with Crippen LogP contribution in [0.25, 0.3) is 6.08 Å². The van der Waals surface area contributed by atoms with E-state index < -0.39 is 11.8 Å². The number of hydrogen-bond donors (Lipinski definition) is 1. The van der Waals surface area contributed by atoms with Gasteiger partial charge >= 0.3 is 6.03 Å². The highest BCUT2D eigenvalue weighted by Gasteiger charge is 2.46. The summed E-state index contributed by atoms with van der Waals surface area (Å²) >= 11 is 12.1. The lowest BCUT2D eigenvalue weighted by Crippen LogP contribution is -2.47. The van der Waals surface area contributed by atoms with E-state index in [2.05, 4.69) is 27.4 Å². The summed E-state index contributed by atoms with van der Waals surface area (Å²) in [4.78, 5) is 20.7. The minimum absolute atomic E-state index is 0.0189. The second-order valence-corrected chi connectivity index (χ2v) is 10.4. The molecule has 2 aromatic carbocycles. The Hall–Kier alpha value is -3.00. The Kier molecular flexibility index (Phi) is 7.47. The predicted molar refractivity (Wildman–Crippen MR) is 143 cm³/mol. The fourth-order valence-electron chi connectivity index (χ4n) is 5.17. The van der Waals surface area contributed by atoms with E-state index in [1.807, 2.05) is 24.3 Å². The minimum Gasteiger partial charge on any atom is -0.334 e. The number of likely N-dealkylation sites (tertiary alicyclic amines) is 1. The van der Waals surface area contributed by atoms with E-state index >= 15 is 0 Å². The van der Waals surface area contributed by atoms with Crippen LogP contribution in [0.2, 0.25) is 10.0 Å². The van der Waals surface area contributed by atoms with Crippen molar-refractivity contribution in [2.45, 2.75) is 24.8 Å². The van der Waals surface area contributed by atoms with Gasteiger partial charge in [0.1, 0.15) is 5.82 Å². The predicted octanol–water partition coefficient (Wildman–Crippen LogP) is 6.44.